The molecule has 2 nitrogen and oxygen atoms in total. The lowest BCUT2D eigenvalue weighted by Gasteiger charge is -2.27. The van der Waals surface area contributed by atoms with Gasteiger partial charge in [-0.1, -0.05) is 200 Å². The van der Waals surface area contributed by atoms with E-state index in [0.29, 0.717) is 0 Å². The second-order valence-electron chi connectivity index (χ2n) is 16.4. The van der Waals surface area contributed by atoms with Gasteiger partial charge < -0.3 is 9.32 Å². The Balaban J connectivity index is 0.984. The standard InChI is InChI=1S/C62H41NO/c1-3-16-43(17-4-1)51-23-9-10-24-52(51)45-34-38-50(39-35-45)63(59-30-15-31-60-61(59)57-29-14-28-54(62(57)64-60)44-18-5-2-6-19-44)49-36-32-42(33-37-49)46-21-13-22-47(40-46)58-41-48-20-7-8-25-53(48)55-26-11-12-27-56(55)58/h1-41H. The van der Waals surface area contributed by atoms with E-state index in [0.717, 1.165) is 61.3 Å². The zero-order valence-electron chi connectivity index (χ0n) is 35.0. The summed E-state index contributed by atoms with van der Waals surface area (Å²) in [6, 6.07) is 89.5. The van der Waals surface area contributed by atoms with Crippen LogP contribution in [0.15, 0.2) is 253 Å². The van der Waals surface area contributed by atoms with Crippen molar-refractivity contribution in [3.63, 3.8) is 0 Å². The topological polar surface area (TPSA) is 16.4 Å². The minimum Gasteiger partial charge on any atom is -0.455 e. The van der Waals surface area contributed by atoms with E-state index in [2.05, 4.69) is 254 Å². The van der Waals surface area contributed by atoms with Crippen molar-refractivity contribution >= 4 is 60.5 Å². The summed E-state index contributed by atoms with van der Waals surface area (Å²) in [5, 5.41) is 7.22. The van der Waals surface area contributed by atoms with E-state index >= 15 is 0 Å². The number of benzene rings is 11. The number of furan rings is 1. The molecule has 0 spiro atoms. The quantitative estimate of drug-likeness (QED) is 0.142. The Morgan fingerprint density at radius 3 is 1.50 bits per heavy atom. The van der Waals surface area contributed by atoms with E-state index in [1.807, 2.05) is 0 Å². The molecule has 12 aromatic rings. The Labute approximate surface area is 372 Å². The monoisotopic (exact) mass is 815 g/mol. The molecule has 0 aliphatic carbocycles. The third kappa shape index (κ3) is 6.52. The summed E-state index contributed by atoms with van der Waals surface area (Å²) in [5.41, 5.74) is 16.7. The smallest absolute Gasteiger partial charge is 0.143 e. The normalized spacial score (nSPS) is 11.4. The molecule has 0 aliphatic rings. The van der Waals surface area contributed by atoms with Crippen LogP contribution in [-0.4, -0.2) is 0 Å². The summed E-state index contributed by atoms with van der Waals surface area (Å²) in [5.74, 6) is 0. The van der Waals surface area contributed by atoms with Crippen molar-refractivity contribution in [1.29, 1.82) is 0 Å². The molecule has 0 amide bonds. The Bertz CT molecular complexity index is 3640. The highest BCUT2D eigenvalue weighted by atomic mass is 16.3. The molecule has 11 aromatic carbocycles. The van der Waals surface area contributed by atoms with Gasteiger partial charge in [-0.15, -0.1) is 0 Å². The molecular formula is C62H41NO. The van der Waals surface area contributed by atoms with E-state index in [9.17, 15) is 0 Å². The SMILES string of the molecule is c1ccc(-c2ccccc2-c2ccc(N(c3ccc(-c4cccc(-c5cc6ccccc6c6ccccc56)c4)cc3)c3cccc4oc5c(-c6ccccc6)cccc5c34)cc2)cc1. The van der Waals surface area contributed by atoms with Crippen LogP contribution in [0, 0.1) is 0 Å². The van der Waals surface area contributed by atoms with Crippen LogP contribution in [0.1, 0.15) is 0 Å². The maximum Gasteiger partial charge on any atom is 0.143 e. The minimum absolute atomic E-state index is 0.851. The molecule has 0 aliphatic heterocycles. The summed E-state index contributed by atoms with van der Waals surface area (Å²) in [4.78, 5) is 2.38. The van der Waals surface area contributed by atoms with Crippen molar-refractivity contribution in [3.05, 3.63) is 249 Å². The highest BCUT2D eigenvalue weighted by molar-refractivity contribution is 6.16. The average Bonchev–Trinajstić information content (AvgIpc) is 3.77. The average molecular weight is 816 g/mol. The fourth-order valence-electron chi connectivity index (χ4n) is 9.64. The van der Waals surface area contributed by atoms with E-state index < -0.39 is 0 Å². The van der Waals surface area contributed by atoms with Crippen LogP contribution in [0.2, 0.25) is 0 Å². The maximum absolute atomic E-state index is 6.78. The van der Waals surface area contributed by atoms with E-state index in [4.69, 9.17) is 4.42 Å². The summed E-state index contributed by atoms with van der Waals surface area (Å²) in [6.45, 7) is 0. The lowest BCUT2D eigenvalue weighted by molar-refractivity contribution is 0.670. The second kappa shape index (κ2) is 15.8. The van der Waals surface area contributed by atoms with Crippen LogP contribution in [0.3, 0.4) is 0 Å². The van der Waals surface area contributed by atoms with Gasteiger partial charge in [-0.2, -0.15) is 0 Å². The van der Waals surface area contributed by atoms with E-state index in [-0.39, 0.29) is 0 Å². The van der Waals surface area contributed by atoms with Crippen molar-refractivity contribution in [3.8, 4) is 55.6 Å². The molecule has 1 heterocycles. The zero-order chi connectivity index (χ0) is 42.4. The number of hydrogen-bond donors (Lipinski definition) is 0. The molecule has 0 N–H and O–H groups in total. The van der Waals surface area contributed by atoms with Gasteiger partial charge in [0.1, 0.15) is 11.2 Å². The first-order valence-electron chi connectivity index (χ1n) is 21.9. The molecule has 2 heteroatoms. The number of rotatable bonds is 8. The molecule has 0 saturated carbocycles. The highest BCUT2D eigenvalue weighted by Gasteiger charge is 2.21. The van der Waals surface area contributed by atoms with Gasteiger partial charge in [-0.25, -0.2) is 0 Å². The Morgan fingerprint density at radius 2 is 0.781 bits per heavy atom. The highest BCUT2D eigenvalue weighted by Crippen LogP contribution is 2.46. The van der Waals surface area contributed by atoms with Gasteiger partial charge in [0.25, 0.3) is 0 Å². The van der Waals surface area contributed by atoms with Crippen molar-refractivity contribution in [2.45, 2.75) is 0 Å². The molecule has 0 radical (unpaired) electrons. The molecule has 1 aromatic heterocycles. The summed E-state index contributed by atoms with van der Waals surface area (Å²) in [7, 11) is 0. The molecule has 0 fully saturated rings. The van der Waals surface area contributed by atoms with Crippen LogP contribution in [-0.2, 0) is 0 Å². The minimum atomic E-state index is 0.851. The van der Waals surface area contributed by atoms with Crippen LogP contribution in [0.5, 0.6) is 0 Å². The fraction of sp³-hybridized carbons (Fsp3) is 0. The van der Waals surface area contributed by atoms with Gasteiger partial charge >= 0.3 is 0 Å². The Hall–Kier alpha value is -8.46. The summed E-state index contributed by atoms with van der Waals surface area (Å²) >= 11 is 0. The molecule has 0 saturated heterocycles. The molecule has 64 heavy (non-hydrogen) atoms. The fourth-order valence-corrected chi connectivity index (χ4v) is 9.64. The summed E-state index contributed by atoms with van der Waals surface area (Å²) < 4.78 is 6.78. The van der Waals surface area contributed by atoms with Crippen molar-refractivity contribution in [1.82, 2.24) is 0 Å². The molecule has 300 valence electrons. The largest absolute Gasteiger partial charge is 0.455 e. The number of fused-ring (bicyclic) bond motifs is 6. The van der Waals surface area contributed by atoms with Crippen LogP contribution in [0.4, 0.5) is 17.1 Å². The first kappa shape index (κ1) is 37.3. The molecular weight excluding hydrogens is 775 g/mol. The van der Waals surface area contributed by atoms with Gasteiger partial charge in [0.2, 0.25) is 0 Å². The van der Waals surface area contributed by atoms with Crippen LogP contribution < -0.4 is 4.90 Å². The Kier molecular flexibility index (Phi) is 9.20. The van der Waals surface area contributed by atoms with Gasteiger partial charge in [0, 0.05) is 22.3 Å². The van der Waals surface area contributed by atoms with Gasteiger partial charge in [-0.3, -0.25) is 0 Å². The third-order valence-corrected chi connectivity index (χ3v) is 12.7. The maximum atomic E-state index is 6.78. The van der Waals surface area contributed by atoms with E-state index in [1.54, 1.807) is 0 Å². The molecule has 0 atom stereocenters. The van der Waals surface area contributed by atoms with Crippen molar-refractivity contribution < 1.29 is 4.42 Å². The number of anilines is 3. The molecule has 12 rings (SSSR count). The lowest BCUT2D eigenvalue weighted by Crippen LogP contribution is -2.10. The third-order valence-electron chi connectivity index (χ3n) is 12.7. The van der Waals surface area contributed by atoms with Gasteiger partial charge in [0.05, 0.1) is 11.1 Å². The predicted molar refractivity (Wildman–Crippen MR) is 271 cm³/mol. The molecule has 0 bridgehead atoms. The first-order valence-corrected chi connectivity index (χ1v) is 21.9. The second-order valence-corrected chi connectivity index (χ2v) is 16.4. The predicted octanol–water partition coefficient (Wildman–Crippen LogP) is 17.7. The van der Waals surface area contributed by atoms with Crippen molar-refractivity contribution in [2.75, 3.05) is 4.90 Å². The van der Waals surface area contributed by atoms with E-state index in [1.165, 1.54) is 54.9 Å². The summed E-state index contributed by atoms with van der Waals surface area (Å²) in [6.07, 6.45) is 0. The lowest BCUT2D eigenvalue weighted by atomic mass is 9.92. The van der Waals surface area contributed by atoms with Crippen molar-refractivity contribution in [2.24, 2.45) is 0 Å². The zero-order valence-corrected chi connectivity index (χ0v) is 35.0. The first-order chi connectivity index (χ1) is 31.7. The van der Waals surface area contributed by atoms with Crippen LogP contribution in [0.25, 0.3) is 99.1 Å². The van der Waals surface area contributed by atoms with Gasteiger partial charge in [-0.05, 0) is 120 Å². The van der Waals surface area contributed by atoms with Gasteiger partial charge in [0.15, 0.2) is 0 Å². The Morgan fingerprint density at radius 1 is 0.281 bits per heavy atom. The van der Waals surface area contributed by atoms with Crippen LogP contribution >= 0.6 is 0 Å². The number of para-hydroxylation sites is 1. The molecule has 0 unspecified atom stereocenters. The number of nitrogens with zero attached hydrogens (tertiary/aromatic N) is 1. The number of hydrogen-bond acceptors (Lipinski definition) is 2.